The molecule has 1 aromatic heterocycles. The number of pyridine rings is 1. The van der Waals surface area contributed by atoms with Gasteiger partial charge in [-0.15, -0.1) is 0 Å². The second kappa shape index (κ2) is 3.85. The highest BCUT2D eigenvalue weighted by molar-refractivity contribution is 5.85. The normalized spacial score (nSPS) is 9.75. The van der Waals surface area contributed by atoms with Gasteiger partial charge in [-0.25, -0.2) is 9.78 Å². The lowest BCUT2D eigenvalue weighted by atomic mass is 10.1. The maximum atomic E-state index is 10.5. The third kappa shape index (κ3) is 2.05. The topological polar surface area (TPSA) is 50.2 Å². The van der Waals surface area contributed by atoms with E-state index in [1.807, 2.05) is 13.3 Å². The molecule has 0 aliphatic carbocycles. The number of nitrogens with zero attached hydrogens (tertiary/aromatic N) is 1. The van der Waals surface area contributed by atoms with Crippen LogP contribution in [0.25, 0.3) is 0 Å². The van der Waals surface area contributed by atoms with Crippen molar-refractivity contribution in [3.8, 4) is 0 Å². The lowest BCUT2D eigenvalue weighted by molar-refractivity contribution is 0.0690. The Morgan fingerprint density at radius 3 is 3.08 bits per heavy atom. The van der Waals surface area contributed by atoms with Gasteiger partial charge < -0.3 is 5.11 Å². The van der Waals surface area contributed by atoms with Gasteiger partial charge in [-0.3, -0.25) is 0 Å². The first-order valence-electron chi connectivity index (χ1n) is 3.76. The van der Waals surface area contributed by atoms with Crippen molar-refractivity contribution in [2.45, 2.75) is 13.3 Å². The van der Waals surface area contributed by atoms with Crippen LogP contribution in [0.15, 0.2) is 18.3 Å². The fraction of sp³-hybridized carbons (Fsp3) is 0.222. The molecule has 0 aliphatic rings. The van der Waals surface area contributed by atoms with Crippen molar-refractivity contribution < 1.29 is 9.90 Å². The van der Waals surface area contributed by atoms with Crippen LogP contribution in [0.1, 0.15) is 29.4 Å². The average Bonchev–Trinajstić information content (AvgIpc) is 2.05. The zero-order chi connectivity index (χ0) is 8.97. The minimum atomic E-state index is -0.985. The van der Waals surface area contributed by atoms with E-state index >= 15 is 0 Å². The van der Waals surface area contributed by atoms with Crippen molar-refractivity contribution in [2.24, 2.45) is 0 Å². The lowest BCUT2D eigenvalue weighted by Gasteiger charge is -1.98. The number of rotatable bonds is 3. The summed E-state index contributed by atoms with van der Waals surface area (Å²) >= 11 is 0. The van der Waals surface area contributed by atoms with Crippen molar-refractivity contribution in [3.05, 3.63) is 36.0 Å². The van der Waals surface area contributed by atoms with Crippen LogP contribution in [0.3, 0.4) is 0 Å². The van der Waals surface area contributed by atoms with Crippen LogP contribution in [-0.4, -0.2) is 16.1 Å². The van der Waals surface area contributed by atoms with Crippen LogP contribution in [0, 0.1) is 6.42 Å². The summed E-state index contributed by atoms with van der Waals surface area (Å²) in [5.74, 6) is -0.985. The molecule has 0 atom stereocenters. The van der Waals surface area contributed by atoms with Crippen LogP contribution >= 0.6 is 0 Å². The van der Waals surface area contributed by atoms with Gasteiger partial charge >= 0.3 is 5.97 Å². The van der Waals surface area contributed by atoms with Crippen molar-refractivity contribution >= 4 is 5.97 Å². The lowest BCUT2D eigenvalue weighted by Crippen LogP contribution is -2.00. The predicted molar refractivity (Wildman–Crippen MR) is 44.9 cm³/mol. The molecule has 1 N–H and O–H groups in total. The monoisotopic (exact) mass is 164 g/mol. The molecule has 0 unspecified atom stereocenters. The highest BCUT2D eigenvalue weighted by atomic mass is 16.4. The molecule has 12 heavy (non-hydrogen) atoms. The molecule has 63 valence electrons. The quantitative estimate of drug-likeness (QED) is 0.740. The van der Waals surface area contributed by atoms with Crippen LogP contribution < -0.4 is 0 Å². The molecule has 0 aliphatic heterocycles. The molecule has 0 saturated heterocycles. The molecular weight excluding hydrogens is 154 g/mol. The number of hydrogen-bond donors (Lipinski definition) is 1. The Labute approximate surface area is 71.1 Å². The van der Waals surface area contributed by atoms with Gasteiger partial charge in [-0.1, -0.05) is 6.92 Å². The predicted octanol–water partition coefficient (Wildman–Crippen LogP) is 1.74. The summed E-state index contributed by atoms with van der Waals surface area (Å²) in [4.78, 5) is 14.2. The molecule has 1 aromatic rings. The van der Waals surface area contributed by atoms with E-state index in [0.29, 0.717) is 0 Å². The van der Waals surface area contributed by atoms with Crippen LogP contribution in [0.4, 0.5) is 0 Å². The molecule has 1 heterocycles. The number of carbonyl (C=O) groups is 1. The van der Waals surface area contributed by atoms with Gasteiger partial charge in [0.05, 0.1) is 0 Å². The zero-order valence-electron chi connectivity index (χ0n) is 6.82. The van der Waals surface area contributed by atoms with Gasteiger partial charge in [0.1, 0.15) is 5.69 Å². The van der Waals surface area contributed by atoms with Gasteiger partial charge in [0.2, 0.25) is 0 Å². The Bertz CT molecular complexity index is 284. The fourth-order valence-corrected chi connectivity index (χ4v) is 0.927. The summed E-state index contributed by atoms with van der Waals surface area (Å²) in [5, 5.41) is 8.60. The third-order valence-electron chi connectivity index (χ3n) is 1.44. The van der Waals surface area contributed by atoms with Gasteiger partial charge in [-0.2, -0.15) is 0 Å². The van der Waals surface area contributed by atoms with Crippen molar-refractivity contribution in [1.82, 2.24) is 4.98 Å². The van der Waals surface area contributed by atoms with Crippen LogP contribution in [-0.2, 0) is 0 Å². The fourth-order valence-electron chi connectivity index (χ4n) is 0.927. The molecule has 0 aromatic carbocycles. The molecule has 0 saturated carbocycles. The van der Waals surface area contributed by atoms with Crippen molar-refractivity contribution in [2.75, 3.05) is 0 Å². The van der Waals surface area contributed by atoms with Crippen molar-refractivity contribution in [1.29, 1.82) is 0 Å². The Morgan fingerprint density at radius 2 is 2.50 bits per heavy atom. The molecule has 0 bridgehead atoms. The second-order valence-corrected chi connectivity index (χ2v) is 2.39. The Balaban J connectivity index is 2.88. The summed E-state index contributed by atoms with van der Waals surface area (Å²) in [7, 11) is 0. The molecule has 0 fully saturated rings. The number of carboxylic acid groups (broad SMARTS) is 1. The summed E-state index contributed by atoms with van der Waals surface area (Å²) in [6.07, 6.45) is 4.35. The highest BCUT2D eigenvalue weighted by Gasteiger charge is 2.03. The molecule has 1 radical (unpaired) electrons. The van der Waals surface area contributed by atoms with Gasteiger partial charge in [0, 0.05) is 6.20 Å². The summed E-state index contributed by atoms with van der Waals surface area (Å²) in [6, 6.07) is 3.35. The summed E-state index contributed by atoms with van der Waals surface area (Å²) in [6.45, 7) is 2.00. The third-order valence-corrected chi connectivity index (χ3v) is 1.44. The van der Waals surface area contributed by atoms with E-state index in [9.17, 15) is 4.79 Å². The van der Waals surface area contributed by atoms with E-state index in [-0.39, 0.29) is 5.69 Å². The molecule has 0 spiro atoms. The molecule has 1 rings (SSSR count). The van der Waals surface area contributed by atoms with E-state index in [4.69, 9.17) is 5.11 Å². The van der Waals surface area contributed by atoms with E-state index < -0.39 is 5.97 Å². The zero-order valence-corrected chi connectivity index (χ0v) is 6.82. The van der Waals surface area contributed by atoms with Crippen molar-refractivity contribution in [3.63, 3.8) is 0 Å². The minimum absolute atomic E-state index is 0.0946. The van der Waals surface area contributed by atoms with E-state index in [1.54, 1.807) is 12.1 Å². The van der Waals surface area contributed by atoms with Gasteiger partial charge in [0.15, 0.2) is 0 Å². The molecule has 0 amide bonds. The average molecular weight is 164 g/mol. The van der Waals surface area contributed by atoms with E-state index in [2.05, 4.69) is 4.98 Å². The van der Waals surface area contributed by atoms with Gasteiger partial charge in [0.25, 0.3) is 0 Å². The standard InChI is InChI=1S/C9H10NO2/c1-2-3-7-4-5-10-8(6-7)9(11)12/h3-6H,2H2,1H3,(H,11,12). The molecular formula is C9H10NO2. The minimum Gasteiger partial charge on any atom is -0.477 e. The molecule has 3 nitrogen and oxygen atoms in total. The first-order chi connectivity index (χ1) is 5.74. The first-order valence-corrected chi connectivity index (χ1v) is 3.76. The van der Waals surface area contributed by atoms with E-state index in [0.717, 1.165) is 12.0 Å². The number of aromatic nitrogens is 1. The Kier molecular flexibility index (Phi) is 2.80. The summed E-state index contributed by atoms with van der Waals surface area (Å²) < 4.78 is 0. The largest absolute Gasteiger partial charge is 0.477 e. The first kappa shape index (κ1) is 8.71. The smallest absolute Gasteiger partial charge is 0.354 e. The SMILES string of the molecule is CC[CH]c1ccnc(C(=O)O)c1. The Hall–Kier alpha value is -1.38. The van der Waals surface area contributed by atoms with Crippen LogP contribution in [0.5, 0.6) is 0 Å². The van der Waals surface area contributed by atoms with E-state index in [1.165, 1.54) is 6.20 Å². The number of hydrogen-bond acceptors (Lipinski definition) is 2. The Morgan fingerprint density at radius 1 is 1.75 bits per heavy atom. The number of aromatic carboxylic acids is 1. The molecule has 3 heteroatoms. The highest BCUT2D eigenvalue weighted by Crippen LogP contribution is 2.06. The summed E-state index contributed by atoms with van der Waals surface area (Å²) in [5.41, 5.74) is 1.00. The maximum absolute atomic E-state index is 10.5. The maximum Gasteiger partial charge on any atom is 0.354 e. The van der Waals surface area contributed by atoms with Gasteiger partial charge in [-0.05, 0) is 30.5 Å². The van der Waals surface area contributed by atoms with Crippen LogP contribution in [0.2, 0.25) is 0 Å². The number of carboxylic acids is 1. The second-order valence-electron chi connectivity index (χ2n) is 2.39.